The summed E-state index contributed by atoms with van der Waals surface area (Å²) < 4.78 is 0. The van der Waals surface area contributed by atoms with E-state index >= 15 is 0 Å². The van der Waals surface area contributed by atoms with Crippen LogP contribution in [0.2, 0.25) is 0 Å². The van der Waals surface area contributed by atoms with Gasteiger partial charge < -0.3 is 16.0 Å². The summed E-state index contributed by atoms with van der Waals surface area (Å²) in [5.74, 6) is 6.01. The van der Waals surface area contributed by atoms with Crippen LogP contribution in [0.25, 0.3) is 10.8 Å². The lowest BCUT2D eigenvalue weighted by Gasteiger charge is -2.15. The maximum atomic E-state index is 11.2. The number of rotatable bonds is 7. The Morgan fingerprint density at radius 1 is 1.19 bits per heavy atom. The van der Waals surface area contributed by atoms with E-state index < -0.39 is 0 Å². The van der Waals surface area contributed by atoms with Crippen LogP contribution in [-0.4, -0.2) is 25.7 Å². The number of carbonyl (C=O) groups is 1. The highest BCUT2D eigenvalue weighted by molar-refractivity contribution is 5.86. The Balaban J connectivity index is 0. The van der Waals surface area contributed by atoms with Crippen LogP contribution in [0.5, 0.6) is 0 Å². The van der Waals surface area contributed by atoms with Gasteiger partial charge in [-0.15, -0.1) is 0 Å². The molecule has 0 saturated heterocycles. The standard InChI is InChI=1S/C22H27N3O.3H2/c1-3-23-22(26)25-17-10-6-4-5-9-16-24-18(2)20-15-11-13-19-12-7-8-14-21(19)20;;;/h5,7-9,11-15,18,24H,3,10,16-17H2,1-2H3,(H2,23,25,26);3*1H/b9-5+;;;/t18-;;;/m1.../s1. The molecule has 0 spiro atoms. The van der Waals surface area contributed by atoms with Crippen molar-refractivity contribution in [1.82, 2.24) is 16.0 Å². The van der Waals surface area contributed by atoms with Gasteiger partial charge in [-0.05, 0) is 36.3 Å². The van der Waals surface area contributed by atoms with Crippen molar-refractivity contribution in [3.63, 3.8) is 0 Å². The minimum atomic E-state index is -0.142. The summed E-state index contributed by atoms with van der Waals surface area (Å²) in [7, 11) is 0. The normalized spacial score (nSPS) is 11.8. The van der Waals surface area contributed by atoms with E-state index in [4.69, 9.17) is 0 Å². The first-order valence-electron chi connectivity index (χ1n) is 9.08. The second-order valence-corrected chi connectivity index (χ2v) is 5.96. The second-order valence-electron chi connectivity index (χ2n) is 5.96. The van der Waals surface area contributed by atoms with E-state index in [0.717, 1.165) is 6.54 Å². The van der Waals surface area contributed by atoms with Gasteiger partial charge in [-0.25, -0.2) is 4.79 Å². The molecule has 0 bridgehead atoms. The third-order valence-electron chi connectivity index (χ3n) is 4.01. The van der Waals surface area contributed by atoms with Crippen LogP contribution in [0.1, 0.15) is 36.2 Å². The molecular formula is C22H33N3O. The fourth-order valence-corrected chi connectivity index (χ4v) is 2.69. The highest BCUT2D eigenvalue weighted by atomic mass is 16.2. The molecule has 4 nitrogen and oxygen atoms in total. The van der Waals surface area contributed by atoms with Gasteiger partial charge in [0.1, 0.15) is 0 Å². The van der Waals surface area contributed by atoms with Gasteiger partial charge in [-0.1, -0.05) is 60.4 Å². The molecule has 2 rings (SSSR count). The van der Waals surface area contributed by atoms with Gasteiger partial charge in [0.2, 0.25) is 0 Å². The zero-order valence-corrected chi connectivity index (χ0v) is 15.5. The van der Waals surface area contributed by atoms with Crippen molar-refractivity contribution in [3.05, 3.63) is 60.2 Å². The Morgan fingerprint density at radius 2 is 2.00 bits per heavy atom. The molecule has 0 aliphatic rings. The van der Waals surface area contributed by atoms with Crippen LogP contribution < -0.4 is 16.0 Å². The predicted octanol–water partition coefficient (Wildman–Crippen LogP) is 4.50. The lowest BCUT2D eigenvalue weighted by molar-refractivity contribution is 0.241. The van der Waals surface area contributed by atoms with E-state index in [1.54, 1.807) is 0 Å². The van der Waals surface area contributed by atoms with Gasteiger partial charge in [0, 0.05) is 36.4 Å². The molecule has 2 amide bonds. The zero-order valence-electron chi connectivity index (χ0n) is 15.5. The lowest BCUT2D eigenvalue weighted by atomic mass is 10.00. The Kier molecular flexibility index (Phi) is 8.25. The smallest absolute Gasteiger partial charge is 0.314 e. The third kappa shape index (κ3) is 6.27. The van der Waals surface area contributed by atoms with E-state index in [0.29, 0.717) is 19.5 Å². The molecule has 3 N–H and O–H groups in total. The number of amides is 2. The molecule has 0 radical (unpaired) electrons. The summed E-state index contributed by atoms with van der Waals surface area (Å²) in [5, 5.41) is 11.5. The van der Waals surface area contributed by atoms with Gasteiger partial charge in [-0.2, -0.15) is 0 Å². The topological polar surface area (TPSA) is 53.2 Å². The van der Waals surface area contributed by atoms with Crippen LogP contribution in [0.4, 0.5) is 4.79 Å². The molecule has 26 heavy (non-hydrogen) atoms. The summed E-state index contributed by atoms with van der Waals surface area (Å²) in [6, 6.07) is 15.0. The fraction of sp³-hybridized carbons (Fsp3) is 0.318. The zero-order chi connectivity index (χ0) is 18.6. The summed E-state index contributed by atoms with van der Waals surface area (Å²) in [4.78, 5) is 11.2. The van der Waals surface area contributed by atoms with Crippen LogP contribution in [0, 0.1) is 11.8 Å². The van der Waals surface area contributed by atoms with Crippen molar-refractivity contribution in [2.45, 2.75) is 26.3 Å². The minimum absolute atomic E-state index is 0. The van der Waals surface area contributed by atoms with E-state index in [2.05, 4.69) is 77.2 Å². The molecule has 0 aliphatic carbocycles. The number of hydrogen-bond acceptors (Lipinski definition) is 2. The molecule has 4 heteroatoms. The minimum Gasteiger partial charge on any atom is -0.338 e. The van der Waals surface area contributed by atoms with Crippen molar-refractivity contribution in [2.75, 3.05) is 19.6 Å². The summed E-state index contributed by atoms with van der Waals surface area (Å²) in [6.07, 6.45) is 4.52. The average molecular weight is 356 g/mol. The molecular weight excluding hydrogens is 322 g/mol. The van der Waals surface area contributed by atoms with Crippen molar-refractivity contribution in [2.24, 2.45) is 0 Å². The van der Waals surface area contributed by atoms with E-state index in [1.165, 1.54) is 16.3 Å². The van der Waals surface area contributed by atoms with Crippen LogP contribution in [0.15, 0.2) is 54.6 Å². The van der Waals surface area contributed by atoms with E-state index in [9.17, 15) is 4.79 Å². The molecule has 0 fully saturated rings. The van der Waals surface area contributed by atoms with Gasteiger partial charge in [0.25, 0.3) is 0 Å². The Morgan fingerprint density at radius 3 is 2.85 bits per heavy atom. The lowest BCUT2D eigenvalue weighted by Crippen LogP contribution is -2.35. The highest BCUT2D eigenvalue weighted by Crippen LogP contribution is 2.23. The van der Waals surface area contributed by atoms with Crippen LogP contribution in [0.3, 0.4) is 0 Å². The van der Waals surface area contributed by atoms with Gasteiger partial charge in [0.05, 0.1) is 0 Å². The number of urea groups is 1. The molecule has 2 aromatic carbocycles. The Hall–Kier alpha value is -2.77. The SMILES string of the molecule is CCNC(=O)NCCC#C/C=C/CN[C@H](C)c1cccc2ccccc12.[HH].[HH].[HH]. The largest absolute Gasteiger partial charge is 0.338 e. The molecule has 0 aromatic heterocycles. The van der Waals surface area contributed by atoms with Gasteiger partial charge in [0.15, 0.2) is 0 Å². The Bertz CT molecular complexity index is 810. The number of hydrogen-bond donors (Lipinski definition) is 3. The maximum Gasteiger partial charge on any atom is 0.314 e. The monoisotopic (exact) mass is 355 g/mol. The van der Waals surface area contributed by atoms with Crippen LogP contribution in [-0.2, 0) is 0 Å². The maximum absolute atomic E-state index is 11.2. The molecule has 0 heterocycles. The quantitative estimate of drug-likeness (QED) is 0.506. The fourth-order valence-electron chi connectivity index (χ4n) is 2.69. The second kappa shape index (κ2) is 11.0. The molecule has 0 aliphatic heterocycles. The van der Waals surface area contributed by atoms with Crippen molar-refractivity contribution < 1.29 is 9.07 Å². The van der Waals surface area contributed by atoms with Crippen LogP contribution >= 0.6 is 0 Å². The Labute approximate surface area is 160 Å². The molecule has 0 saturated carbocycles. The summed E-state index contributed by atoms with van der Waals surface area (Å²) in [6.45, 7) is 6.01. The number of nitrogens with one attached hydrogen (secondary N) is 3. The first kappa shape index (κ1) is 19.6. The number of fused-ring (bicyclic) bond motifs is 1. The van der Waals surface area contributed by atoms with E-state index in [1.807, 2.05) is 19.1 Å². The van der Waals surface area contributed by atoms with Crippen molar-refractivity contribution >= 4 is 16.8 Å². The molecule has 142 valence electrons. The highest BCUT2D eigenvalue weighted by Gasteiger charge is 2.07. The number of allylic oxidation sites excluding steroid dienone is 1. The molecule has 1 atom stereocenters. The third-order valence-corrected chi connectivity index (χ3v) is 4.01. The summed E-state index contributed by atoms with van der Waals surface area (Å²) >= 11 is 0. The first-order chi connectivity index (χ1) is 12.7. The molecule has 0 unspecified atom stereocenters. The van der Waals surface area contributed by atoms with Gasteiger partial charge >= 0.3 is 6.03 Å². The first-order valence-corrected chi connectivity index (χ1v) is 9.08. The number of carbonyl (C=O) groups excluding carboxylic acids is 1. The predicted molar refractivity (Wildman–Crippen MR) is 115 cm³/mol. The summed E-state index contributed by atoms with van der Waals surface area (Å²) in [5.41, 5.74) is 1.30. The van der Waals surface area contributed by atoms with Crippen molar-refractivity contribution in [1.29, 1.82) is 0 Å². The van der Waals surface area contributed by atoms with Gasteiger partial charge in [-0.3, -0.25) is 0 Å². The molecule has 2 aromatic rings. The van der Waals surface area contributed by atoms with Crippen molar-refractivity contribution in [3.8, 4) is 11.8 Å². The number of benzene rings is 2. The average Bonchev–Trinajstić information content (AvgIpc) is 2.66. The van der Waals surface area contributed by atoms with E-state index in [-0.39, 0.29) is 16.4 Å².